The molecule has 1 amide bonds. The van der Waals surface area contributed by atoms with Gasteiger partial charge in [-0.05, 0) is 19.9 Å². The number of aromatic amines is 1. The van der Waals surface area contributed by atoms with Crippen LogP contribution in [0.25, 0.3) is 0 Å². The lowest BCUT2D eigenvalue weighted by atomic mass is 10.0. The molecule has 0 unspecified atom stereocenters. The first kappa shape index (κ1) is 12.1. The molecule has 1 saturated heterocycles. The molecule has 2 atom stereocenters. The molecule has 1 aromatic heterocycles. The Morgan fingerprint density at radius 3 is 3.12 bits per heavy atom. The second-order valence-corrected chi connectivity index (χ2v) is 4.22. The molecule has 0 aromatic carbocycles. The molecule has 1 fully saturated rings. The van der Waals surface area contributed by atoms with Crippen molar-refractivity contribution in [2.45, 2.75) is 25.5 Å². The molecule has 6 nitrogen and oxygen atoms in total. The predicted octanol–water partition coefficient (Wildman–Crippen LogP) is -0.175. The number of hydrogen-bond donors (Lipinski definition) is 3. The van der Waals surface area contributed by atoms with Crippen molar-refractivity contribution in [1.82, 2.24) is 20.6 Å². The van der Waals surface area contributed by atoms with Gasteiger partial charge in [-0.1, -0.05) is 0 Å². The number of carbonyl (C=O) groups excluding carboxylic acids is 1. The predicted molar refractivity (Wildman–Crippen MR) is 62.9 cm³/mol. The fourth-order valence-corrected chi connectivity index (χ4v) is 2.09. The second kappa shape index (κ2) is 5.29. The Morgan fingerprint density at radius 2 is 2.47 bits per heavy atom. The summed E-state index contributed by atoms with van der Waals surface area (Å²) in [6, 6.07) is -0.00245. The number of H-pyrrole nitrogens is 1. The summed E-state index contributed by atoms with van der Waals surface area (Å²) < 4.78 is 5.37. The Kier molecular flexibility index (Phi) is 3.75. The zero-order valence-corrected chi connectivity index (χ0v) is 10.1. The van der Waals surface area contributed by atoms with E-state index < -0.39 is 0 Å². The van der Waals surface area contributed by atoms with Crippen LogP contribution in [0.4, 0.5) is 0 Å². The summed E-state index contributed by atoms with van der Waals surface area (Å²) in [5.74, 6) is -0.153. The number of aryl methyl sites for hydroxylation is 1. The molecule has 17 heavy (non-hydrogen) atoms. The average Bonchev–Trinajstić information content (AvgIpc) is 2.76. The molecule has 1 aromatic rings. The number of rotatable bonds is 3. The van der Waals surface area contributed by atoms with E-state index in [4.69, 9.17) is 4.74 Å². The Labute approximate surface area is 100 Å². The van der Waals surface area contributed by atoms with Gasteiger partial charge in [-0.25, -0.2) is 4.98 Å². The van der Waals surface area contributed by atoms with Crippen LogP contribution in [-0.2, 0) is 4.74 Å². The topological polar surface area (TPSA) is 79.0 Å². The smallest absolute Gasteiger partial charge is 0.272 e. The zero-order valence-electron chi connectivity index (χ0n) is 10.1. The Morgan fingerprint density at radius 1 is 1.65 bits per heavy atom. The summed E-state index contributed by atoms with van der Waals surface area (Å²) >= 11 is 0. The van der Waals surface area contributed by atoms with Crippen LogP contribution in [0.1, 0.15) is 22.6 Å². The van der Waals surface area contributed by atoms with Gasteiger partial charge in [-0.3, -0.25) is 4.79 Å². The number of ether oxygens (including phenoxy) is 1. The van der Waals surface area contributed by atoms with Gasteiger partial charge in [0.2, 0.25) is 0 Å². The molecule has 0 aliphatic carbocycles. The summed E-state index contributed by atoms with van der Waals surface area (Å²) in [6.45, 7) is 3.48. The van der Waals surface area contributed by atoms with Crippen LogP contribution >= 0.6 is 0 Å². The zero-order chi connectivity index (χ0) is 12.3. The van der Waals surface area contributed by atoms with Crippen molar-refractivity contribution < 1.29 is 9.53 Å². The third kappa shape index (κ3) is 2.65. The largest absolute Gasteiger partial charge is 0.379 e. The molecule has 3 N–H and O–H groups in total. The lowest BCUT2D eigenvalue weighted by Crippen LogP contribution is -2.54. The average molecular weight is 238 g/mol. The van der Waals surface area contributed by atoms with E-state index in [1.54, 1.807) is 7.11 Å². The second-order valence-electron chi connectivity index (χ2n) is 4.22. The Bertz CT molecular complexity index is 391. The quantitative estimate of drug-likeness (QED) is 0.683. The summed E-state index contributed by atoms with van der Waals surface area (Å²) in [5.41, 5.74) is 1.23. The van der Waals surface area contributed by atoms with E-state index in [0.717, 1.165) is 25.2 Å². The third-order valence-electron chi connectivity index (χ3n) is 3.08. The fourth-order valence-electron chi connectivity index (χ4n) is 2.09. The molecular weight excluding hydrogens is 220 g/mol. The van der Waals surface area contributed by atoms with E-state index in [1.165, 1.54) is 6.33 Å². The van der Waals surface area contributed by atoms with Gasteiger partial charge in [-0.2, -0.15) is 0 Å². The maximum atomic E-state index is 12.0. The van der Waals surface area contributed by atoms with Crippen LogP contribution < -0.4 is 10.6 Å². The van der Waals surface area contributed by atoms with Crippen LogP contribution in [0.2, 0.25) is 0 Å². The Hall–Kier alpha value is -1.40. The van der Waals surface area contributed by atoms with Gasteiger partial charge < -0.3 is 20.4 Å². The van der Waals surface area contributed by atoms with E-state index in [1.807, 2.05) is 6.92 Å². The van der Waals surface area contributed by atoms with Crippen molar-refractivity contribution in [1.29, 1.82) is 0 Å². The van der Waals surface area contributed by atoms with Gasteiger partial charge in [0, 0.05) is 19.3 Å². The molecule has 0 saturated carbocycles. The minimum absolute atomic E-state index is 0.00245. The summed E-state index contributed by atoms with van der Waals surface area (Å²) in [5, 5.41) is 6.20. The number of methoxy groups -OCH3 is 1. The number of piperidine rings is 1. The number of nitrogens with zero attached hydrogens (tertiary/aromatic N) is 1. The van der Waals surface area contributed by atoms with Crippen LogP contribution in [-0.4, -0.2) is 48.2 Å². The van der Waals surface area contributed by atoms with Crippen LogP contribution in [0, 0.1) is 6.92 Å². The van der Waals surface area contributed by atoms with E-state index >= 15 is 0 Å². The summed E-state index contributed by atoms with van der Waals surface area (Å²) in [4.78, 5) is 18.9. The molecular formula is C11H18N4O2. The lowest BCUT2D eigenvalue weighted by molar-refractivity contribution is 0.0446. The highest BCUT2D eigenvalue weighted by Gasteiger charge is 2.27. The molecule has 1 aliphatic heterocycles. The van der Waals surface area contributed by atoms with Crippen molar-refractivity contribution in [2.24, 2.45) is 0 Å². The number of imidazole rings is 1. The van der Waals surface area contributed by atoms with Crippen LogP contribution in [0.5, 0.6) is 0 Å². The number of nitrogens with one attached hydrogen (secondary N) is 3. The fraction of sp³-hybridized carbons (Fsp3) is 0.636. The van der Waals surface area contributed by atoms with Gasteiger partial charge in [0.1, 0.15) is 5.69 Å². The SMILES string of the molecule is CO[C@@H]1CCNC[C@@H]1NC(=O)c1nc[nH]c1C. The first-order valence-corrected chi connectivity index (χ1v) is 5.76. The minimum atomic E-state index is -0.153. The van der Waals surface area contributed by atoms with Crippen LogP contribution in [0.3, 0.4) is 0 Å². The number of carbonyl (C=O) groups is 1. The highest BCUT2D eigenvalue weighted by atomic mass is 16.5. The van der Waals surface area contributed by atoms with Crippen molar-refractivity contribution in [3.8, 4) is 0 Å². The van der Waals surface area contributed by atoms with Gasteiger partial charge in [0.25, 0.3) is 5.91 Å². The standard InChI is InChI=1S/C11H18N4O2/c1-7-10(14-6-13-7)11(16)15-8-5-12-4-3-9(8)17-2/h6,8-9,12H,3-5H2,1-2H3,(H,13,14)(H,15,16)/t8-,9+/m0/s1. The van der Waals surface area contributed by atoms with Crippen LogP contribution in [0.15, 0.2) is 6.33 Å². The Balaban J connectivity index is 2.00. The third-order valence-corrected chi connectivity index (χ3v) is 3.08. The summed E-state index contributed by atoms with van der Waals surface area (Å²) in [7, 11) is 1.68. The van der Waals surface area contributed by atoms with Crippen molar-refractivity contribution in [3.63, 3.8) is 0 Å². The minimum Gasteiger partial charge on any atom is -0.379 e. The number of hydrogen-bond acceptors (Lipinski definition) is 4. The normalized spacial score (nSPS) is 24.6. The molecule has 2 rings (SSSR count). The van der Waals surface area contributed by atoms with E-state index in [-0.39, 0.29) is 18.1 Å². The number of amides is 1. The first-order chi connectivity index (χ1) is 8.22. The maximum absolute atomic E-state index is 12.0. The molecule has 0 radical (unpaired) electrons. The molecule has 0 spiro atoms. The van der Waals surface area contributed by atoms with Crippen molar-refractivity contribution in [3.05, 3.63) is 17.7 Å². The van der Waals surface area contributed by atoms with E-state index in [2.05, 4.69) is 20.6 Å². The van der Waals surface area contributed by atoms with Crippen molar-refractivity contribution >= 4 is 5.91 Å². The van der Waals surface area contributed by atoms with Gasteiger partial charge >= 0.3 is 0 Å². The van der Waals surface area contributed by atoms with Gasteiger partial charge in [0.15, 0.2) is 0 Å². The molecule has 2 heterocycles. The van der Waals surface area contributed by atoms with E-state index in [9.17, 15) is 4.79 Å². The van der Waals surface area contributed by atoms with Crippen molar-refractivity contribution in [2.75, 3.05) is 20.2 Å². The van der Waals surface area contributed by atoms with E-state index in [0.29, 0.717) is 5.69 Å². The molecule has 6 heteroatoms. The lowest BCUT2D eigenvalue weighted by Gasteiger charge is -2.31. The highest BCUT2D eigenvalue weighted by Crippen LogP contribution is 2.09. The summed E-state index contributed by atoms with van der Waals surface area (Å²) in [6.07, 6.45) is 2.50. The number of aromatic nitrogens is 2. The monoisotopic (exact) mass is 238 g/mol. The maximum Gasteiger partial charge on any atom is 0.272 e. The molecule has 0 bridgehead atoms. The van der Waals surface area contributed by atoms with Gasteiger partial charge in [0.05, 0.1) is 18.5 Å². The van der Waals surface area contributed by atoms with Gasteiger partial charge in [-0.15, -0.1) is 0 Å². The highest BCUT2D eigenvalue weighted by molar-refractivity contribution is 5.93. The first-order valence-electron chi connectivity index (χ1n) is 5.76. The molecule has 1 aliphatic rings. The molecule has 94 valence electrons.